The van der Waals surface area contributed by atoms with Crippen molar-refractivity contribution in [2.24, 2.45) is 37.7 Å². The van der Waals surface area contributed by atoms with Gasteiger partial charge in [-0.05, 0) is 50.7 Å². The Labute approximate surface area is 408 Å². The number of hydrogen-bond acceptors (Lipinski definition) is 8. The van der Waals surface area contributed by atoms with Crippen molar-refractivity contribution < 1.29 is 54.0 Å². The Balaban J connectivity index is 0.000000417. The number of hydrogen-bond donors (Lipinski definition) is 4. The molecule has 0 radical (unpaired) electrons. The van der Waals surface area contributed by atoms with Crippen molar-refractivity contribution in [1.29, 1.82) is 0 Å². The molecular formula is C50H82Co2N8O4+2. The average molecular weight is 977 g/mol. The van der Waals surface area contributed by atoms with Crippen molar-refractivity contribution in [3.05, 3.63) is 75.5 Å². The van der Waals surface area contributed by atoms with Gasteiger partial charge in [-0.25, -0.2) is 0 Å². The summed E-state index contributed by atoms with van der Waals surface area (Å²) in [6.45, 7) is 8.36. The number of aliphatic hydroxyl groups excluding tert-OH is 3. The fourth-order valence-electron chi connectivity index (χ4n) is 7.90. The van der Waals surface area contributed by atoms with Crippen LogP contribution in [0.2, 0.25) is 0 Å². The normalized spacial score (nSPS) is 26.6. The van der Waals surface area contributed by atoms with Gasteiger partial charge in [-0.1, -0.05) is 121 Å². The molecule has 0 spiro atoms. The number of allylic oxidation sites excluding steroid dienone is 2. The standard InChI is InChI=1S/C15H26N2O2.C15H20N2O2.3C5H10N.C5H6N.2Co/c2*18-14-7-3-1-5-12(14)9-16-11-17-10-13-6-2-4-8-15(13)19;4*1-2-4-6-5-3-1;;/h9-10,12-15,18-19H,1-8,11H2;1,3,5,7,9-10,13,15,18-19H,2,4,6,8,11H2;3*1-5H2;1-4H,5H2;;/q;;4*-1;2*+3. The van der Waals surface area contributed by atoms with Gasteiger partial charge < -0.3 is 41.7 Å². The third-order valence-corrected chi connectivity index (χ3v) is 11.8. The maximum atomic E-state index is 9.80. The molecule has 4 N–H and O–H groups in total. The van der Waals surface area contributed by atoms with Crippen molar-refractivity contribution in [3.63, 3.8) is 0 Å². The minimum absolute atomic E-state index is 0. The van der Waals surface area contributed by atoms with Crippen LogP contribution in [0, 0.1) is 17.8 Å². The van der Waals surface area contributed by atoms with E-state index in [-0.39, 0.29) is 75.4 Å². The predicted octanol–water partition coefficient (Wildman–Crippen LogP) is 10.6. The first-order valence-electron chi connectivity index (χ1n) is 24.2. The molecule has 3 saturated carbocycles. The zero-order valence-corrected chi connectivity index (χ0v) is 40.7. The van der Waals surface area contributed by atoms with E-state index in [2.05, 4.69) is 41.2 Å². The van der Waals surface area contributed by atoms with Gasteiger partial charge in [-0.2, -0.15) is 6.20 Å². The van der Waals surface area contributed by atoms with Crippen LogP contribution in [0.3, 0.4) is 0 Å². The summed E-state index contributed by atoms with van der Waals surface area (Å²) < 4.78 is 0. The Morgan fingerprint density at radius 2 is 0.875 bits per heavy atom. The second-order valence-corrected chi connectivity index (χ2v) is 17.0. The maximum Gasteiger partial charge on any atom is 3.00 e. The van der Waals surface area contributed by atoms with Gasteiger partial charge in [0.1, 0.15) is 19.1 Å². The van der Waals surface area contributed by atoms with Gasteiger partial charge in [-0.15, -0.1) is 51.9 Å². The van der Waals surface area contributed by atoms with Crippen molar-refractivity contribution in [1.82, 2.24) is 0 Å². The van der Waals surface area contributed by atoms with Gasteiger partial charge in [0.25, 0.3) is 0 Å². The summed E-state index contributed by atoms with van der Waals surface area (Å²) in [5.74, 6) is 0.820. The second kappa shape index (κ2) is 42.1. The quantitative estimate of drug-likeness (QED) is 0.189. The van der Waals surface area contributed by atoms with Gasteiger partial charge in [0.15, 0.2) is 0 Å². The first-order chi connectivity index (χ1) is 30.5. The molecule has 64 heavy (non-hydrogen) atoms. The fourth-order valence-corrected chi connectivity index (χ4v) is 7.90. The average Bonchev–Trinajstić information content (AvgIpc) is 3.34. The van der Waals surface area contributed by atoms with E-state index in [1.165, 1.54) is 70.6 Å². The summed E-state index contributed by atoms with van der Waals surface area (Å²) in [4.78, 5) is 17.0. The van der Waals surface area contributed by atoms with E-state index >= 15 is 0 Å². The molecule has 3 saturated heterocycles. The Bertz CT molecular complexity index is 1300. The Morgan fingerprint density at radius 3 is 1.16 bits per heavy atom. The van der Waals surface area contributed by atoms with E-state index < -0.39 is 0 Å². The Kier molecular flexibility index (Phi) is 39.3. The predicted molar refractivity (Wildman–Crippen MR) is 262 cm³/mol. The molecule has 14 heteroatoms. The minimum Gasteiger partial charge on any atom is -0.687 e. The molecular weight excluding hydrogens is 894 g/mol. The number of phenolic OH excluding ortho intramolecular Hbond substituents is 1. The van der Waals surface area contributed by atoms with Gasteiger partial charge in [0.2, 0.25) is 0 Å². The van der Waals surface area contributed by atoms with Gasteiger partial charge in [0.05, 0.1) is 18.3 Å². The van der Waals surface area contributed by atoms with E-state index in [0.29, 0.717) is 18.9 Å². The van der Waals surface area contributed by atoms with Crippen LogP contribution in [0.4, 0.5) is 0 Å². The molecule has 3 aliphatic carbocycles. The van der Waals surface area contributed by atoms with Crippen molar-refractivity contribution in [2.75, 3.05) is 59.2 Å². The number of rotatable bonds is 8. The molecule has 8 rings (SSSR count). The first kappa shape index (κ1) is 59.8. The van der Waals surface area contributed by atoms with Crippen LogP contribution in [-0.2, 0) is 33.6 Å². The summed E-state index contributed by atoms with van der Waals surface area (Å²) >= 11 is 0. The zero-order valence-electron chi connectivity index (χ0n) is 38.6. The molecule has 0 amide bonds. The van der Waals surface area contributed by atoms with Crippen LogP contribution < -0.4 is 0 Å². The molecule has 12 nitrogen and oxygen atoms in total. The summed E-state index contributed by atoms with van der Waals surface area (Å²) in [5, 5.41) is 55.4. The molecule has 6 unspecified atom stereocenters. The van der Waals surface area contributed by atoms with Crippen LogP contribution in [0.15, 0.2) is 68.7 Å². The molecule has 4 aliphatic heterocycles. The van der Waals surface area contributed by atoms with Crippen molar-refractivity contribution >= 4 is 24.9 Å². The summed E-state index contributed by atoms with van der Waals surface area (Å²) in [5.41, 5.74) is 0.690. The zero-order chi connectivity index (χ0) is 44.0. The number of benzene rings is 1. The number of aliphatic imine (C=N–C) groups is 4. The third-order valence-electron chi connectivity index (χ3n) is 11.8. The first-order valence-corrected chi connectivity index (χ1v) is 24.2. The monoisotopic (exact) mass is 977 g/mol. The summed E-state index contributed by atoms with van der Waals surface area (Å²) in [6.07, 6.45) is 39.1. The van der Waals surface area contributed by atoms with Gasteiger partial charge in [0, 0.05) is 48.2 Å². The number of aromatic hydroxyl groups is 1. The largest absolute Gasteiger partial charge is 3.00 e. The van der Waals surface area contributed by atoms with Gasteiger partial charge in [-0.3, -0.25) is 20.0 Å². The molecule has 4 heterocycles. The van der Waals surface area contributed by atoms with E-state index in [9.17, 15) is 20.4 Å². The molecule has 6 fully saturated rings. The second-order valence-electron chi connectivity index (χ2n) is 17.0. The number of piperidine rings is 3. The molecule has 6 atom stereocenters. The number of phenols is 1. The molecule has 0 aromatic heterocycles. The number of para-hydroxylation sites is 1. The van der Waals surface area contributed by atoms with Crippen LogP contribution in [-0.4, -0.2) is 123 Å². The molecule has 362 valence electrons. The van der Waals surface area contributed by atoms with E-state index in [1.54, 1.807) is 30.6 Å². The third kappa shape index (κ3) is 30.9. The minimum atomic E-state index is -0.250. The number of nitrogens with zero attached hydrogens (tertiary/aromatic N) is 8. The molecule has 0 bridgehead atoms. The van der Waals surface area contributed by atoms with Crippen LogP contribution >= 0.6 is 0 Å². The van der Waals surface area contributed by atoms with Crippen molar-refractivity contribution in [3.8, 4) is 5.75 Å². The Morgan fingerprint density at radius 1 is 0.484 bits per heavy atom. The summed E-state index contributed by atoms with van der Waals surface area (Å²) in [7, 11) is 0. The van der Waals surface area contributed by atoms with E-state index in [4.69, 9.17) is 0 Å². The molecule has 1 aromatic rings. The van der Waals surface area contributed by atoms with Crippen LogP contribution in [0.25, 0.3) is 21.3 Å². The smallest absolute Gasteiger partial charge is 0.687 e. The van der Waals surface area contributed by atoms with E-state index in [1.807, 2.05) is 42.9 Å². The SMILES string of the molecule is C1=CC[N-]C=C1.C1CC[N-]CC1.C1CC[N-]CC1.C1CC[N-]CC1.OC1CCCCC1C=NCN=CC1CCCCC1O.Oc1ccccc1C=NCN=CC1CCCCC1O.[Co+3].[Co+3]. The summed E-state index contributed by atoms with van der Waals surface area (Å²) in [6, 6.07) is 7.05. The van der Waals surface area contributed by atoms with Crippen molar-refractivity contribution in [2.45, 2.75) is 153 Å². The molecule has 1 aromatic carbocycles. The van der Waals surface area contributed by atoms with Crippen LogP contribution in [0.1, 0.15) is 140 Å². The van der Waals surface area contributed by atoms with Crippen LogP contribution in [0.5, 0.6) is 5.75 Å². The Hall–Kier alpha value is -2.25. The number of aliphatic hydroxyl groups is 3. The van der Waals surface area contributed by atoms with E-state index in [0.717, 1.165) is 110 Å². The maximum absolute atomic E-state index is 9.80. The fraction of sp³-hybridized carbons (Fsp3) is 0.720. The molecule has 7 aliphatic rings. The van der Waals surface area contributed by atoms with Gasteiger partial charge >= 0.3 is 33.6 Å². The topological polar surface area (TPSA) is 187 Å².